The van der Waals surface area contributed by atoms with Crippen molar-refractivity contribution in [2.24, 2.45) is 0 Å². The number of fused-ring (bicyclic) bond motifs is 30. The van der Waals surface area contributed by atoms with E-state index in [0.29, 0.717) is 0 Å². The predicted octanol–water partition coefficient (Wildman–Crippen LogP) is 33.6. The Labute approximate surface area is 927 Å². The van der Waals surface area contributed by atoms with E-state index in [0.717, 1.165) is 77.8 Å². The number of aryl methyl sites for hydroxylation is 10. The van der Waals surface area contributed by atoms with Crippen molar-refractivity contribution in [3.63, 3.8) is 0 Å². The summed E-state index contributed by atoms with van der Waals surface area (Å²) < 4.78 is 11.3. The SMILES string of the molecule is Cc1cc(-c2c(C)cccc2C)c2c(c1)c1ccc[c-]c1c1nccn12.Cc1cc2c3ccc[c-]c3c3ncc(-c4c(-c5ccccc5)cccc4-c4ccccc4)n3c2cc1C.Cc1cc2c3ccc[c-]c3c3ncc(-c4c(C)cccc4C)n3c2cc1C.Cc1ccc2c(c1)c1ccc[c-]c1c1nccn21.[Ir].[Ir].[Ir].[Ir].[Ir].[c-]1cccc2c1c1ncc(-c3c(-c4ccccc4)cccc3-c3ccccc3)n1c1ccccc21. The summed E-state index contributed by atoms with van der Waals surface area (Å²) in [5.41, 5.74) is 42.5. The molecule has 10 nitrogen and oxygen atoms in total. The van der Waals surface area contributed by atoms with Gasteiger partial charge in [0.15, 0.2) is 0 Å². The van der Waals surface area contributed by atoms with E-state index in [1.807, 2.05) is 79.6 Å². The molecule has 0 saturated heterocycles. The Bertz CT molecular complexity index is 9780. The summed E-state index contributed by atoms with van der Waals surface area (Å²) in [5.74, 6) is 0. The van der Waals surface area contributed by atoms with E-state index >= 15 is 0 Å². The van der Waals surface area contributed by atoms with Crippen LogP contribution in [0.5, 0.6) is 0 Å². The minimum absolute atomic E-state index is 0. The Kier molecular flexibility index (Phi) is 29.6. The smallest absolute Gasteiger partial charge is 0.0646 e. The minimum atomic E-state index is 0. The summed E-state index contributed by atoms with van der Waals surface area (Å²) in [6, 6.07) is 146. The van der Waals surface area contributed by atoms with Gasteiger partial charge in [0.25, 0.3) is 0 Å². The molecule has 0 aliphatic carbocycles. The van der Waals surface area contributed by atoms with Crippen LogP contribution in [0, 0.1) is 99.6 Å². The van der Waals surface area contributed by atoms with E-state index in [4.69, 9.17) is 15.0 Å². The maximum atomic E-state index is 5.03. The zero-order valence-corrected chi connectivity index (χ0v) is 94.8. The van der Waals surface area contributed by atoms with Crippen molar-refractivity contribution in [1.82, 2.24) is 46.9 Å². The van der Waals surface area contributed by atoms with Gasteiger partial charge in [-0.2, -0.15) is 0 Å². The second-order valence-corrected chi connectivity index (χ2v) is 37.6. The van der Waals surface area contributed by atoms with Crippen LogP contribution in [-0.2, 0) is 101 Å². The average Bonchev–Trinajstić information content (AvgIpc) is 1.54. The van der Waals surface area contributed by atoms with Crippen molar-refractivity contribution in [2.45, 2.75) is 69.2 Å². The third-order valence-corrected chi connectivity index (χ3v) is 28.6. The molecule has 729 valence electrons. The van der Waals surface area contributed by atoms with Gasteiger partial charge in [0.1, 0.15) is 0 Å². The van der Waals surface area contributed by atoms with Crippen LogP contribution < -0.4 is 0 Å². The van der Waals surface area contributed by atoms with Crippen molar-refractivity contribution in [1.29, 1.82) is 0 Å². The fourth-order valence-corrected chi connectivity index (χ4v) is 21.8. The molecule has 0 unspecified atom stereocenters. The molecule has 0 amide bonds. The Morgan fingerprint density at radius 1 is 0.203 bits per heavy atom. The zero-order valence-electron chi connectivity index (χ0n) is 82.8. The van der Waals surface area contributed by atoms with Gasteiger partial charge < -0.3 is 22.0 Å². The van der Waals surface area contributed by atoms with Gasteiger partial charge in [0, 0.05) is 194 Å². The molecule has 5 radical (unpaired) electrons. The van der Waals surface area contributed by atoms with Crippen molar-refractivity contribution in [2.75, 3.05) is 0 Å². The van der Waals surface area contributed by atoms with Gasteiger partial charge in [-0.25, -0.2) is 0 Å². The first-order chi connectivity index (χ1) is 70.2. The molecule has 0 fully saturated rings. The summed E-state index contributed by atoms with van der Waals surface area (Å²) in [4.78, 5) is 23.9. The third kappa shape index (κ3) is 18.0. The van der Waals surface area contributed by atoms with Crippen molar-refractivity contribution in [3.8, 4) is 89.4 Å². The Hall–Kier alpha value is -14.7. The van der Waals surface area contributed by atoms with Gasteiger partial charge in [-0.3, -0.25) is 24.9 Å². The van der Waals surface area contributed by atoms with E-state index in [9.17, 15) is 0 Å². The van der Waals surface area contributed by atoms with Crippen LogP contribution >= 0.6 is 0 Å². The van der Waals surface area contributed by atoms with Crippen LogP contribution in [0.15, 0.2) is 407 Å². The van der Waals surface area contributed by atoms with Crippen molar-refractivity contribution < 1.29 is 101 Å². The van der Waals surface area contributed by atoms with Crippen LogP contribution in [0.4, 0.5) is 0 Å². The summed E-state index contributed by atoms with van der Waals surface area (Å²) in [7, 11) is 0. The van der Waals surface area contributed by atoms with E-state index in [1.54, 1.807) is 0 Å². The van der Waals surface area contributed by atoms with E-state index in [1.165, 1.54) is 204 Å². The molecule has 0 N–H and O–H groups in total. The molecule has 18 aromatic carbocycles. The fraction of sp³-hybridized carbons (Fsp3) is 0.0752. The molecular formula is C133H97Ir5N10-5. The molecule has 10 heterocycles. The first-order valence-electron chi connectivity index (χ1n) is 48.7. The molecule has 0 aliphatic rings. The van der Waals surface area contributed by atoms with Gasteiger partial charge in [-0.05, 0) is 221 Å². The standard InChI is InChI=1S/C35H25N2.C33H21N2.C25H21N2.C24H19N2.C16H11N2.5Ir/c1-23-20-31-29-16-9-10-17-30(29)35-36-22-33(37(35)32(31)21-24(23)2)34-27(25-12-5-3-6-13-25)18-11-19-28(34)26-14-7-4-8-15-26;1-3-12-23(13-4-1)25-19-11-20-26(24-14-5-2-6-15-24)32(25)31-22-34-33-29-18-8-7-16-27(29)28-17-9-10-21-30(28)35(31)33;1-15-8-7-9-16(2)24(15)23-14-26-25-20-11-6-5-10-19(20)21-12-17(3)18(4)13-22(21)27(23)25;1-15-13-20-18-9-4-5-10-19(18)24-25-11-12-26(24)23(20)21(14-15)22-16(2)7-6-8-17(22)3;1-11-6-7-15-14(10-11)12-4-2-3-5-13(12)16-17-8-9-18(15)16;;;;;/h3-16,18-22H,1-2H3;1-17,19-22H;5-10,12-14H,1-4H3;4-9,11-14H,1-3H3;2-4,6-10H,1H3;;;;;/q5*-1;;;;;. The Morgan fingerprint density at radius 3 is 0.939 bits per heavy atom. The number of para-hydroxylation sites is 1. The van der Waals surface area contributed by atoms with Crippen molar-refractivity contribution in [3.05, 3.63) is 493 Å². The van der Waals surface area contributed by atoms with E-state index in [-0.39, 0.29) is 101 Å². The molecule has 15 heteroatoms. The molecule has 0 atom stereocenters. The first kappa shape index (κ1) is 102. The fourth-order valence-electron chi connectivity index (χ4n) is 21.8. The number of imidazole rings is 5. The molecule has 28 rings (SSSR count). The number of aromatic nitrogens is 10. The maximum Gasteiger partial charge on any atom is 0.0646 e. The Balaban J connectivity index is 0.000000117. The van der Waals surface area contributed by atoms with Crippen LogP contribution in [0.3, 0.4) is 0 Å². The number of hydrogen-bond donors (Lipinski definition) is 0. The number of hydrogen-bond acceptors (Lipinski definition) is 5. The number of rotatable bonds is 8. The molecule has 10 aromatic heterocycles. The molecule has 0 spiro atoms. The van der Waals surface area contributed by atoms with Crippen LogP contribution in [-0.4, -0.2) is 46.9 Å². The minimum Gasteiger partial charge on any atom is -0.340 e. The van der Waals surface area contributed by atoms with Gasteiger partial charge in [-0.15, -0.1) is 148 Å². The van der Waals surface area contributed by atoms with Crippen LogP contribution in [0.2, 0.25) is 0 Å². The monoisotopic (exact) mass is 2800 g/mol. The molecule has 28 aromatic rings. The van der Waals surface area contributed by atoms with E-state index < -0.39 is 0 Å². The maximum absolute atomic E-state index is 5.03. The van der Waals surface area contributed by atoms with Crippen molar-refractivity contribution >= 4 is 137 Å². The zero-order chi connectivity index (χ0) is 96.8. The third-order valence-electron chi connectivity index (χ3n) is 28.6. The summed E-state index contributed by atoms with van der Waals surface area (Å²) >= 11 is 0. The second-order valence-electron chi connectivity index (χ2n) is 37.6. The number of pyridine rings is 5. The average molecular weight is 2800 g/mol. The second kappa shape index (κ2) is 43.0. The van der Waals surface area contributed by atoms with Crippen LogP contribution in [0.1, 0.15) is 55.6 Å². The van der Waals surface area contributed by atoms with Gasteiger partial charge in [-0.1, -0.05) is 281 Å². The van der Waals surface area contributed by atoms with Crippen LogP contribution in [0.25, 0.3) is 226 Å². The molecule has 0 aliphatic heterocycles. The summed E-state index contributed by atoms with van der Waals surface area (Å²) in [5, 5.41) is 17.5. The topological polar surface area (TPSA) is 86.5 Å². The molecule has 0 bridgehead atoms. The molecular weight excluding hydrogens is 2700 g/mol. The number of benzene rings is 18. The summed E-state index contributed by atoms with van der Waals surface area (Å²) in [6.07, 6.45) is 13.9. The van der Waals surface area contributed by atoms with Gasteiger partial charge in [0.05, 0.1) is 45.3 Å². The number of nitrogens with zero attached hydrogens (tertiary/aromatic N) is 10. The summed E-state index contributed by atoms with van der Waals surface area (Å²) in [6.45, 7) is 21.8. The largest absolute Gasteiger partial charge is 0.340 e. The van der Waals surface area contributed by atoms with Gasteiger partial charge in [0.2, 0.25) is 0 Å². The van der Waals surface area contributed by atoms with Gasteiger partial charge >= 0.3 is 0 Å². The first-order valence-corrected chi connectivity index (χ1v) is 48.7. The predicted molar refractivity (Wildman–Crippen MR) is 596 cm³/mol. The quantitative estimate of drug-likeness (QED) is 0.112. The van der Waals surface area contributed by atoms with E-state index in [2.05, 4.69) is 459 Å². The Morgan fingerprint density at radius 2 is 0.520 bits per heavy atom. The molecule has 148 heavy (non-hydrogen) atoms. The normalized spacial score (nSPS) is 11.2. The molecule has 0 saturated carbocycles.